The van der Waals surface area contributed by atoms with E-state index < -0.39 is 5.97 Å². The molecule has 3 rings (SSSR count). The number of fused-ring (bicyclic) bond motifs is 3. The Hall–Kier alpha value is -2.22. The smallest absolute Gasteiger partial charge is 0.303 e. The fraction of sp³-hybridized carbons (Fsp3) is 0.429. The summed E-state index contributed by atoms with van der Waals surface area (Å²) in [6, 6.07) is 1.85. The molecule has 22 heavy (non-hydrogen) atoms. The molecule has 3 aromatic heterocycles. The van der Waals surface area contributed by atoms with Gasteiger partial charge in [-0.25, -0.2) is 0 Å². The first-order valence-electron chi connectivity index (χ1n) is 7.05. The average molecular weight is 320 g/mol. The van der Waals surface area contributed by atoms with Gasteiger partial charge in [0.1, 0.15) is 10.5 Å². The molecule has 0 spiro atoms. The quantitative estimate of drug-likeness (QED) is 0.774. The van der Waals surface area contributed by atoms with Crippen molar-refractivity contribution in [2.24, 2.45) is 5.92 Å². The van der Waals surface area contributed by atoms with Gasteiger partial charge in [0.05, 0.1) is 11.9 Å². The molecule has 0 unspecified atom stereocenters. The van der Waals surface area contributed by atoms with Crippen molar-refractivity contribution in [2.75, 3.05) is 0 Å². The molecule has 0 saturated heterocycles. The van der Waals surface area contributed by atoms with Crippen LogP contribution in [0.5, 0.6) is 0 Å². The normalized spacial score (nSPS) is 11.8. The molecule has 0 aliphatic carbocycles. The van der Waals surface area contributed by atoms with Crippen LogP contribution < -0.4 is 5.56 Å². The van der Waals surface area contributed by atoms with Crippen LogP contribution in [-0.4, -0.2) is 30.2 Å². The Kier molecular flexibility index (Phi) is 3.69. The van der Waals surface area contributed by atoms with E-state index in [2.05, 4.69) is 10.2 Å². The molecule has 3 aromatic rings. The Morgan fingerprint density at radius 1 is 1.41 bits per heavy atom. The van der Waals surface area contributed by atoms with Gasteiger partial charge in [-0.15, -0.1) is 21.5 Å². The highest BCUT2D eigenvalue weighted by Gasteiger charge is 2.18. The minimum atomic E-state index is -0.881. The first-order valence-corrected chi connectivity index (χ1v) is 7.92. The van der Waals surface area contributed by atoms with Crippen molar-refractivity contribution in [3.8, 4) is 0 Å². The summed E-state index contributed by atoms with van der Waals surface area (Å²) >= 11 is 1.38. The lowest BCUT2D eigenvalue weighted by molar-refractivity contribution is -0.137. The molecule has 0 radical (unpaired) electrons. The average Bonchev–Trinajstić information content (AvgIpc) is 3.06. The van der Waals surface area contributed by atoms with E-state index in [1.54, 1.807) is 8.97 Å². The number of nitrogens with zero attached hydrogens (tertiary/aromatic N) is 4. The summed E-state index contributed by atoms with van der Waals surface area (Å²) in [5, 5.41) is 18.9. The minimum absolute atomic E-state index is 0.0181. The highest BCUT2D eigenvalue weighted by atomic mass is 32.1. The molecule has 116 valence electrons. The van der Waals surface area contributed by atoms with Crippen molar-refractivity contribution < 1.29 is 9.90 Å². The maximum Gasteiger partial charge on any atom is 0.303 e. The van der Waals surface area contributed by atoms with Crippen LogP contribution >= 0.6 is 11.3 Å². The zero-order valence-electron chi connectivity index (χ0n) is 12.3. The van der Waals surface area contributed by atoms with E-state index in [4.69, 9.17) is 5.11 Å². The standard InChI is InChI=1S/C14H16N4O3S/c1-8(2)7-17-13(21)12-9(5-6-22-12)18-10(3-4-11(19)20)15-16-14(17)18/h5-6,8H,3-4,7H2,1-2H3,(H,19,20). The van der Waals surface area contributed by atoms with Crippen LogP contribution in [0.3, 0.4) is 0 Å². The van der Waals surface area contributed by atoms with Crippen LogP contribution in [0, 0.1) is 5.92 Å². The minimum Gasteiger partial charge on any atom is -0.481 e. The van der Waals surface area contributed by atoms with Gasteiger partial charge in [-0.05, 0) is 17.4 Å². The van der Waals surface area contributed by atoms with E-state index in [1.165, 1.54) is 11.3 Å². The predicted octanol–water partition coefficient (Wildman–Crippen LogP) is 1.78. The molecule has 0 fully saturated rings. The van der Waals surface area contributed by atoms with E-state index in [9.17, 15) is 9.59 Å². The highest BCUT2D eigenvalue weighted by Crippen LogP contribution is 2.20. The van der Waals surface area contributed by atoms with Gasteiger partial charge in [-0.1, -0.05) is 13.8 Å². The maximum absolute atomic E-state index is 12.6. The molecule has 8 heteroatoms. The van der Waals surface area contributed by atoms with Crippen molar-refractivity contribution in [3.63, 3.8) is 0 Å². The summed E-state index contributed by atoms with van der Waals surface area (Å²) in [6.07, 6.45) is 0.261. The number of carbonyl (C=O) groups is 1. The van der Waals surface area contributed by atoms with Crippen molar-refractivity contribution in [2.45, 2.75) is 33.2 Å². The van der Waals surface area contributed by atoms with Crippen LogP contribution in [-0.2, 0) is 17.8 Å². The number of hydrogen-bond acceptors (Lipinski definition) is 5. The molecular formula is C14H16N4O3S. The third kappa shape index (κ3) is 2.39. The predicted molar refractivity (Wildman–Crippen MR) is 83.4 cm³/mol. The molecular weight excluding hydrogens is 304 g/mol. The van der Waals surface area contributed by atoms with Gasteiger partial charge in [0.2, 0.25) is 5.78 Å². The topological polar surface area (TPSA) is 89.5 Å². The number of thiophene rings is 1. The number of hydrogen-bond donors (Lipinski definition) is 1. The Bertz CT molecular complexity index is 906. The molecule has 3 heterocycles. The zero-order chi connectivity index (χ0) is 15.9. The fourth-order valence-electron chi connectivity index (χ4n) is 2.49. The van der Waals surface area contributed by atoms with Gasteiger partial charge >= 0.3 is 5.97 Å². The van der Waals surface area contributed by atoms with Crippen molar-refractivity contribution in [3.05, 3.63) is 27.6 Å². The van der Waals surface area contributed by atoms with Crippen LogP contribution in [0.2, 0.25) is 0 Å². The lowest BCUT2D eigenvalue weighted by Crippen LogP contribution is -2.24. The molecule has 7 nitrogen and oxygen atoms in total. The van der Waals surface area contributed by atoms with Crippen molar-refractivity contribution >= 4 is 33.3 Å². The molecule has 0 saturated carbocycles. The van der Waals surface area contributed by atoms with Crippen molar-refractivity contribution in [1.29, 1.82) is 0 Å². The number of rotatable bonds is 5. The van der Waals surface area contributed by atoms with E-state index >= 15 is 0 Å². The molecule has 0 atom stereocenters. The second kappa shape index (κ2) is 5.53. The zero-order valence-corrected chi connectivity index (χ0v) is 13.1. The monoisotopic (exact) mass is 320 g/mol. The molecule has 0 bridgehead atoms. The molecule has 0 amide bonds. The third-order valence-corrected chi connectivity index (χ3v) is 4.28. The number of aryl methyl sites for hydroxylation is 1. The number of carboxylic acids is 1. The fourth-order valence-corrected chi connectivity index (χ4v) is 3.32. The Morgan fingerprint density at radius 2 is 2.18 bits per heavy atom. The summed E-state index contributed by atoms with van der Waals surface area (Å²) in [5.41, 5.74) is 0.679. The Morgan fingerprint density at radius 3 is 2.86 bits per heavy atom. The third-order valence-electron chi connectivity index (χ3n) is 3.39. The summed E-state index contributed by atoms with van der Waals surface area (Å²) in [5.74, 6) is 0.454. The van der Waals surface area contributed by atoms with Crippen LogP contribution in [0.4, 0.5) is 0 Å². The summed E-state index contributed by atoms with van der Waals surface area (Å²) in [6.45, 7) is 4.61. The van der Waals surface area contributed by atoms with Gasteiger partial charge < -0.3 is 5.11 Å². The Balaban J connectivity index is 2.28. The second-order valence-electron chi connectivity index (χ2n) is 5.59. The van der Waals surface area contributed by atoms with E-state index in [-0.39, 0.29) is 24.3 Å². The Labute approximate surface area is 129 Å². The number of aliphatic carboxylic acids is 1. The first-order chi connectivity index (χ1) is 10.5. The number of carboxylic acid groups (broad SMARTS) is 1. The molecule has 0 aliphatic heterocycles. The largest absolute Gasteiger partial charge is 0.481 e. The maximum atomic E-state index is 12.6. The van der Waals surface area contributed by atoms with E-state index in [1.807, 2.05) is 25.3 Å². The van der Waals surface area contributed by atoms with Gasteiger partial charge in [0, 0.05) is 13.0 Å². The van der Waals surface area contributed by atoms with Crippen molar-refractivity contribution in [1.82, 2.24) is 19.2 Å². The second-order valence-corrected chi connectivity index (χ2v) is 6.51. The lowest BCUT2D eigenvalue weighted by Gasteiger charge is -2.11. The summed E-state index contributed by atoms with van der Waals surface area (Å²) in [7, 11) is 0. The summed E-state index contributed by atoms with van der Waals surface area (Å²) < 4.78 is 4.07. The SMILES string of the molecule is CC(C)Cn1c(=O)c2sccc2n2c(CCC(=O)O)nnc12. The summed E-state index contributed by atoms with van der Waals surface area (Å²) in [4.78, 5) is 23.4. The first kappa shape index (κ1) is 14.7. The lowest BCUT2D eigenvalue weighted by atomic mass is 10.2. The van der Waals surface area contributed by atoms with Crippen LogP contribution in [0.25, 0.3) is 16.0 Å². The molecule has 1 N–H and O–H groups in total. The highest BCUT2D eigenvalue weighted by molar-refractivity contribution is 7.17. The van der Waals surface area contributed by atoms with Gasteiger partial charge in [0.25, 0.3) is 5.56 Å². The molecule has 0 aliphatic rings. The van der Waals surface area contributed by atoms with Crippen LogP contribution in [0.1, 0.15) is 26.1 Å². The van der Waals surface area contributed by atoms with E-state index in [0.717, 1.165) is 5.52 Å². The molecule has 0 aromatic carbocycles. The van der Waals surface area contributed by atoms with E-state index in [0.29, 0.717) is 22.8 Å². The number of aromatic nitrogens is 4. The van der Waals surface area contributed by atoms with Gasteiger partial charge in [-0.3, -0.25) is 18.6 Å². The van der Waals surface area contributed by atoms with Gasteiger partial charge in [0.15, 0.2) is 0 Å². The van der Waals surface area contributed by atoms with Gasteiger partial charge in [-0.2, -0.15) is 0 Å². The van der Waals surface area contributed by atoms with Crippen LogP contribution in [0.15, 0.2) is 16.2 Å².